The van der Waals surface area contributed by atoms with Crippen LogP contribution in [0.3, 0.4) is 0 Å². The second-order valence-corrected chi connectivity index (χ2v) is 6.97. The van der Waals surface area contributed by atoms with Crippen LogP contribution < -0.4 is 4.74 Å². The summed E-state index contributed by atoms with van der Waals surface area (Å²) in [6.45, 7) is 4.17. The first-order valence-electron chi connectivity index (χ1n) is 8.53. The molecule has 10 nitrogen and oxygen atoms in total. The number of aliphatic imine (C=N–C) groups is 1. The number of thioether (sulfide) groups is 1. The molecule has 0 fully saturated rings. The number of phenols is 1. The Labute approximate surface area is 195 Å². The summed E-state index contributed by atoms with van der Waals surface area (Å²) >= 11 is 1.30. The van der Waals surface area contributed by atoms with E-state index in [1.165, 1.54) is 11.8 Å². The van der Waals surface area contributed by atoms with Gasteiger partial charge < -0.3 is 40.1 Å². The Morgan fingerprint density at radius 2 is 1.73 bits per heavy atom. The second kappa shape index (κ2) is 15.6. The van der Waals surface area contributed by atoms with Crippen molar-refractivity contribution in [1.29, 1.82) is 0 Å². The van der Waals surface area contributed by atoms with Gasteiger partial charge in [0.2, 0.25) is 0 Å². The molecule has 1 aromatic rings. The molecule has 4 N–H and O–H groups in total. The van der Waals surface area contributed by atoms with Crippen LogP contribution in [-0.2, 0) is 19.0 Å². The van der Waals surface area contributed by atoms with Crippen molar-refractivity contribution in [3.63, 3.8) is 0 Å². The van der Waals surface area contributed by atoms with Crippen molar-refractivity contribution < 1.29 is 44.9 Å². The number of ether oxygens (including phenoxy) is 4. The summed E-state index contributed by atoms with van der Waals surface area (Å²) in [5, 5.41) is 20.2. The smallest absolute Gasteiger partial charge is 0.870 e. The van der Waals surface area contributed by atoms with Crippen LogP contribution in [0.4, 0.5) is 0 Å². The van der Waals surface area contributed by atoms with E-state index in [1.807, 2.05) is 0 Å². The number of methoxy groups -OCH3 is 1. The number of para-hydroxylation sites is 1. The molecule has 1 heterocycles. The molecule has 0 spiro atoms. The molecule has 0 saturated carbocycles. The van der Waals surface area contributed by atoms with E-state index in [4.69, 9.17) is 18.9 Å². The monoisotopic (exact) mass is 457 g/mol. The number of hydrogen-bond acceptors (Lipinski definition) is 10. The zero-order valence-corrected chi connectivity index (χ0v) is 19.3. The Balaban J connectivity index is 0. The van der Waals surface area contributed by atoms with Gasteiger partial charge in [-0.2, -0.15) is 0 Å². The summed E-state index contributed by atoms with van der Waals surface area (Å²) < 4.78 is 21.1. The van der Waals surface area contributed by atoms with E-state index in [1.54, 1.807) is 32.2 Å². The quantitative estimate of drug-likeness (QED) is 0.342. The van der Waals surface area contributed by atoms with E-state index >= 15 is 0 Å². The van der Waals surface area contributed by atoms with E-state index in [0.717, 1.165) is 0 Å². The van der Waals surface area contributed by atoms with Crippen LogP contribution in [0.1, 0.15) is 12.5 Å². The molecule has 1 aliphatic heterocycles. The molecule has 1 atom stereocenters. The Bertz CT molecular complexity index is 677. The number of nitrogens with zero attached hydrogens (tertiary/aromatic N) is 1. The largest absolute Gasteiger partial charge is 2.00 e. The minimum absolute atomic E-state index is 0. The van der Waals surface area contributed by atoms with Gasteiger partial charge in [0.25, 0.3) is 0 Å². The van der Waals surface area contributed by atoms with Gasteiger partial charge in [0, 0.05) is 12.9 Å². The topological polar surface area (TPSA) is 167 Å². The van der Waals surface area contributed by atoms with Crippen molar-refractivity contribution in [2.75, 3.05) is 52.5 Å². The van der Waals surface area contributed by atoms with E-state index in [9.17, 15) is 15.0 Å². The Kier molecular flexibility index (Phi) is 16.2. The normalized spacial score (nSPS) is 17.2. The van der Waals surface area contributed by atoms with Gasteiger partial charge in [0.1, 0.15) is 11.7 Å². The maximum Gasteiger partial charge on any atom is 2.00 e. The number of carboxylic acid groups (broad SMARTS) is 1. The average molecular weight is 458 g/mol. The summed E-state index contributed by atoms with van der Waals surface area (Å²) in [5.41, 5.74) is -0.711. The average Bonchev–Trinajstić information content (AvgIpc) is 3.05. The van der Waals surface area contributed by atoms with Gasteiger partial charge in [0.15, 0.2) is 17.0 Å². The molecular weight excluding hydrogens is 431 g/mol. The molecule has 0 saturated heterocycles. The number of aromatic hydroxyl groups is 1. The van der Waals surface area contributed by atoms with Crippen molar-refractivity contribution in [3.05, 3.63) is 23.8 Å². The molecule has 2 rings (SSSR count). The van der Waals surface area contributed by atoms with Gasteiger partial charge in [0.05, 0.1) is 38.6 Å². The number of phenolic OH excluding ortho intramolecular Hbond substituents is 1. The number of carboxylic acids is 1. The summed E-state index contributed by atoms with van der Waals surface area (Å²) in [6.07, 6.45) is 0. The maximum atomic E-state index is 11.3. The fraction of sp³-hybridized carbons (Fsp3) is 0.556. The first-order chi connectivity index (χ1) is 13.0. The van der Waals surface area contributed by atoms with Crippen molar-refractivity contribution in [1.82, 2.24) is 0 Å². The molecule has 30 heavy (non-hydrogen) atoms. The summed E-state index contributed by atoms with van der Waals surface area (Å²) in [7, 11) is 1.62. The Morgan fingerprint density at radius 3 is 2.30 bits per heavy atom. The maximum absolute atomic E-state index is 11.3. The molecule has 0 unspecified atom stereocenters. The van der Waals surface area contributed by atoms with Crippen LogP contribution in [0.2, 0.25) is 0 Å². The Hall–Kier alpha value is -1.12. The van der Waals surface area contributed by atoms with Gasteiger partial charge in [-0.05, 0) is 19.1 Å². The van der Waals surface area contributed by atoms with Crippen LogP contribution >= 0.6 is 11.8 Å². The molecular formula is C18H27MgNO9S. The van der Waals surface area contributed by atoms with E-state index in [-0.39, 0.29) is 46.4 Å². The van der Waals surface area contributed by atoms with Gasteiger partial charge >= 0.3 is 29.0 Å². The van der Waals surface area contributed by atoms with Crippen LogP contribution in [0.5, 0.6) is 11.5 Å². The molecule has 0 aliphatic carbocycles. The number of benzene rings is 1. The Morgan fingerprint density at radius 1 is 1.13 bits per heavy atom. The van der Waals surface area contributed by atoms with Crippen molar-refractivity contribution in [3.8, 4) is 11.5 Å². The molecule has 12 heteroatoms. The van der Waals surface area contributed by atoms with E-state index < -0.39 is 11.5 Å². The minimum Gasteiger partial charge on any atom is -0.870 e. The van der Waals surface area contributed by atoms with Gasteiger partial charge in [-0.1, -0.05) is 6.07 Å². The molecule has 166 valence electrons. The molecule has 1 aliphatic rings. The molecule has 0 radical (unpaired) electrons. The van der Waals surface area contributed by atoms with Gasteiger partial charge in [-0.25, -0.2) is 4.79 Å². The SMILES string of the molecule is COCCOCCOCCOc1cccc(C2=N[C@@](C)(C(=O)O)CS2)c1O.[Mg+2].[OH-].[OH-]. The predicted molar refractivity (Wildman–Crippen MR) is 112 cm³/mol. The standard InChI is InChI=1S/C18H25NO7S.Mg.2H2O/c1-18(17(21)22)12-27-16(19-18)13-4-3-5-14(15(13)20)26-11-10-25-9-8-24-7-6-23-2;;;/h3-5,20H,6-12H2,1-2H3,(H,21,22);;2*1H2/q;+2;;/p-2/t18-;;;/m1.../s1. The number of hydrogen-bond donors (Lipinski definition) is 2. The molecule has 0 amide bonds. The fourth-order valence-corrected chi connectivity index (χ4v) is 3.42. The van der Waals surface area contributed by atoms with Crippen LogP contribution in [-0.4, -0.2) is 113 Å². The van der Waals surface area contributed by atoms with Gasteiger partial charge in [-0.15, -0.1) is 11.8 Å². The van der Waals surface area contributed by atoms with E-state index in [2.05, 4.69) is 4.99 Å². The van der Waals surface area contributed by atoms with Crippen molar-refractivity contribution in [2.45, 2.75) is 12.5 Å². The molecule has 0 aromatic heterocycles. The minimum atomic E-state index is -1.18. The number of rotatable bonds is 12. The third-order valence-electron chi connectivity index (χ3n) is 3.82. The summed E-state index contributed by atoms with van der Waals surface area (Å²) in [6, 6.07) is 5.06. The van der Waals surface area contributed by atoms with Crippen molar-refractivity contribution in [2.24, 2.45) is 4.99 Å². The zero-order chi connectivity index (χ0) is 19.7. The molecule has 1 aromatic carbocycles. The predicted octanol–water partition coefficient (Wildman–Crippen LogP) is 1.05. The third kappa shape index (κ3) is 8.94. The first kappa shape index (κ1) is 31.1. The van der Waals surface area contributed by atoms with Crippen LogP contribution in [0.15, 0.2) is 23.2 Å². The van der Waals surface area contributed by atoms with Gasteiger partial charge in [-0.3, -0.25) is 4.99 Å². The van der Waals surface area contributed by atoms with Crippen LogP contribution in [0, 0.1) is 0 Å². The van der Waals surface area contributed by atoms with Crippen LogP contribution in [0.25, 0.3) is 0 Å². The number of aliphatic carboxylic acids is 1. The van der Waals surface area contributed by atoms with Crippen molar-refractivity contribution >= 4 is 45.8 Å². The first-order valence-corrected chi connectivity index (χ1v) is 9.52. The molecule has 0 bridgehead atoms. The summed E-state index contributed by atoms with van der Waals surface area (Å²) in [5.74, 6) is -0.413. The third-order valence-corrected chi connectivity index (χ3v) is 5.11. The van der Waals surface area contributed by atoms with E-state index in [0.29, 0.717) is 55.1 Å². The summed E-state index contributed by atoms with van der Waals surface area (Å²) in [4.78, 5) is 15.6. The number of carbonyl (C=O) groups is 1. The fourth-order valence-electron chi connectivity index (χ4n) is 2.23. The zero-order valence-electron chi connectivity index (χ0n) is 17.1. The second-order valence-electron chi connectivity index (χ2n) is 6.00.